The molecule has 21 heavy (non-hydrogen) atoms. The Morgan fingerprint density at radius 3 is 2.00 bits per heavy atom. The fourth-order valence-electron chi connectivity index (χ4n) is 0.929. The minimum Gasteiger partial charge on any atom is -0.481 e. The molecule has 0 fully saturated rings. The quantitative estimate of drug-likeness (QED) is 0.187. The molecule has 0 aromatic rings. The summed E-state index contributed by atoms with van der Waals surface area (Å²) in [5, 5.41) is 13.9. The second-order valence-corrected chi connectivity index (χ2v) is 5.36. The third kappa shape index (κ3) is 17.8. The van der Waals surface area contributed by atoms with Crippen molar-refractivity contribution in [2.75, 3.05) is 13.2 Å². The van der Waals surface area contributed by atoms with Gasteiger partial charge in [0.05, 0.1) is 6.42 Å². The van der Waals surface area contributed by atoms with Gasteiger partial charge in [0.15, 0.2) is 5.25 Å². The van der Waals surface area contributed by atoms with Gasteiger partial charge in [-0.1, -0.05) is 13.3 Å². The molecule has 0 saturated heterocycles. The Morgan fingerprint density at radius 2 is 1.76 bits per heavy atom. The molecular formula is C11H21NaO8S. The summed E-state index contributed by atoms with van der Waals surface area (Å²) in [4.78, 5) is 20.0. The van der Waals surface area contributed by atoms with Crippen molar-refractivity contribution in [3.8, 4) is 0 Å². The van der Waals surface area contributed by atoms with E-state index in [1.807, 2.05) is 0 Å². The first-order valence-corrected chi connectivity index (χ1v) is 7.45. The number of carboxylic acids is 2. The zero-order valence-electron chi connectivity index (χ0n) is 12.3. The largest absolute Gasteiger partial charge is 1.00 e. The average Bonchev–Trinajstić information content (AvgIpc) is 2.31. The van der Waals surface area contributed by atoms with E-state index < -0.39 is 33.7 Å². The van der Waals surface area contributed by atoms with E-state index in [1.165, 1.54) is 12.8 Å². The number of rotatable bonds is 9. The molecule has 1 unspecified atom stereocenters. The van der Waals surface area contributed by atoms with Gasteiger partial charge in [-0.3, -0.25) is 14.1 Å². The van der Waals surface area contributed by atoms with Gasteiger partial charge in [0.1, 0.15) is 0 Å². The molecular weight excluding hydrogens is 315 g/mol. The van der Waals surface area contributed by atoms with Crippen LogP contribution in [0.25, 0.3) is 0 Å². The summed E-state index contributed by atoms with van der Waals surface area (Å²) in [6.07, 6.45) is 2.13. The van der Waals surface area contributed by atoms with Crippen molar-refractivity contribution < 1.29 is 67.1 Å². The number of carbonyl (C=O) groups is 2. The standard InChI is InChI=1S/C7H15O.C4H6O7S.Na/c1-3-5-7-8-6-4-2;5-3(6)1-2(4(7)8)12(9,10)11;/h2-7H2,1H3;2H,1H2,(H,5,6)(H,7,8)(H,9,10,11);/q-1;;+1. The molecule has 0 aromatic carbocycles. The van der Waals surface area contributed by atoms with Crippen molar-refractivity contribution in [3.63, 3.8) is 0 Å². The number of hydrogen-bond acceptors (Lipinski definition) is 5. The number of unbranched alkanes of at least 4 members (excludes halogenated alkanes) is 1. The fourth-order valence-corrected chi connectivity index (χ4v) is 1.54. The Morgan fingerprint density at radius 1 is 1.24 bits per heavy atom. The topological polar surface area (TPSA) is 138 Å². The number of ether oxygens (including phenoxy) is 1. The molecule has 0 aliphatic carbocycles. The first-order chi connectivity index (χ1) is 9.16. The molecule has 0 radical (unpaired) electrons. The molecule has 8 nitrogen and oxygen atoms in total. The van der Waals surface area contributed by atoms with E-state index >= 15 is 0 Å². The summed E-state index contributed by atoms with van der Waals surface area (Å²) >= 11 is 0. The first-order valence-electron chi connectivity index (χ1n) is 5.94. The Bertz CT molecular complexity index is 376. The van der Waals surface area contributed by atoms with Crippen LogP contribution in [0, 0.1) is 6.92 Å². The first kappa shape index (κ1) is 25.7. The molecule has 10 heteroatoms. The molecule has 0 amide bonds. The van der Waals surface area contributed by atoms with Gasteiger partial charge in [-0.25, -0.2) is 0 Å². The van der Waals surface area contributed by atoms with E-state index in [1.54, 1.807) is 0 Å². The molecule has 0 saturated carbocycles. The summed E-state index contributed by atoms with van der Waals surface area (Å²) < 4.78 is 33.8. The molecule has 0 rings (SSSR count). The normalized spacial score (nSPS) is 11.6. The predicted octanol–water partition coefficient (Wildman–Crippen LogP) is -2.17. The van der Waals surface area contributed by atoms with Crippen LogP contribution in [0.5, 0.6) is 0 Å². The smallest absolute Gasteiger partial charge is 0.481 e. The van der Waals surface area contributed by atoms with Gasteiger partial charge in [-0.05, 0) is 6.42 Å². The summed E-state index contributed by atoms with van der Waals surface area (Å²) in [5.41, 5.74) is 0. The molecule has 0 heterocycles. The second kappa shape index (κ2) is 14.7. The van der Waals surface area contributed by atoms with Crippen molar-refractivity contribution in [1.82, 2.24) is 0 Å². The molecule has 1 atom stereocenters. The SMILES string of the molecule is O=C(O)CC(C(=O)O)S(=O)(=O)O.[CH2-]CCOCCCC.[Na+]. The summed E-state index contributed by atoms with van der Waals surface area (Å²) in [7, 11) is -4.84. The van der Waals surface area contributed by atoms with E-state index in [4.69, 9.17) is 19.5 Å². The van der Waals surface area contributed by atoms with Gasteiger partial charge >= 0.3 is 41.5 Å². The molecule has 0 aliphatic heterocycles. The van der Waals surface area contributed by atoms with Crippen LogP contribution in [0.15, 0.2) is 0 Å². The molecule has 0 spiro atoms. The maximum atomic E-state index is 10.2. The summed E-state index contributed by atoms with van der Waals surface area (Å²) in [6.45, 7) is 7.55. The Hall–Kier alpha value is -0.190. The molecule has 3 N–H and O–H groups in total. The van der Waals surface area contributed by atoms with Crippen molar-refractivity contribution >= 4 is 22.1 Å². The van der Waals surface area contributed by atoms with Crippen molar-refractivity contribution in [2.45, 2.75) is 37.9 Å². The van der Waals surface area contributed by atoms with Crippen LogP contribution in [0.3, 0.4) is 0 Å². The van der Waals surface area contributed by atoms with Gasteiger partial charge < -0.3 is 21.9 Å². The maximum Gasteiger partial charge on any atom is 1.00 e. The molecule has 0 aromatic heterocycles. The number of hydrogen-bond donors (Lipinski definition) is 3. The zero-order chi connectivity index (χ0) is 16.2. The van der Waals surface area contributed by atoms with Crippen LogP contribution in [0.1, 0.15) is 32.6 Å². The van der Waals surface area contributed by atoms with Crippen molar-refractivity contribution in [2.24, 2.45) is 0 Å². The Balaban J connectivity index is -0.000000317. The van der Waals surface area contributed by atoms with Crippen LogP contribution < -0.4 is 29.6 Å². The monoisotopic (exact) mass is 336 g/mol. The average molecular weight is 336 g/mol. The van der Waals surface area contributed by atoms with E-state index in [9.17, 15) is 18.0 Å². The zero-order valence-corrected chi connectivity index (χ0v) is 15.1. The van der Waals surface area contributed by atoms with Crippen LogP contribution in [0.4, 0.5) is 0 Å². The number of aliphatic carboxylic acids is 2. The van der Waals surface area contributed by atoms with Crippen LogP contribution >= 0.6 is 0 Å². The molecule has 120 valence electrons. The van der Waals surface area contributed by atoms with Gasteiger partial charge in [0.2, 0.25) is 0 Å². The van der Waals surface area contributed by atoms with Gasteiger partial charge in [-0.2, -0.15) is 14.8 Å². The Kier molecular flexibility index (Phi) is 18.1. The minimum absolute atomic E-state index is 0. The number of carboxylic acid groups (broad SMARTS) is 2. The second-order valence-electron chi connectivity index (χ2n) is 3.76. The van der Waals surface area contributed by atoms with E-state index in [0.29, 0.717) is 0 Å². The third-order valence-corrected chi connectivity index (χ3v) is 3.01. The van der Waals surface area contributed by atoms with E-state index in [0.717, 1.165) is 19.6 Å². The van der Waals surface area contributed by atoms with E-state index in [-0.39, 0.29) is 29.6 Å². The maximum absolute atomic E-state index is 10.2. The third-order valence-electron chi connectivity index (χ3n) is 1.93. The van der Waals surface area contributed by atoms with Crippen LogP contribution in [0.2, 0.25) is 0 Å². The van der Waals surface area contributed by atoms with Gasteiger partial charge in [0.25, 0.3) is 10.1 Å². The fraction of sp³-hybridized carbons (Fsp3) is 0.727. The van der Waals surface area contributed by atoms with Gasteiger partial charge in [0, 0.05) is 13.2 Å². The minimum atomic E-state index is -4.84. The summed E-state index contributed by atoms with van der Waals surface area (Å²) in [6, 6.07) is 0. The predicted molar refractivity (Wildman–Crippen MR) is 70.9 cm³/mol. The molecule has 0 aliphatic rings. The van der Waals surface area contributed by atoms with Gasteiger partial charge in [-0.15, -0.1) is 0 Å². The Labute approximate surface area is 146 Å². The van der Waals surface area contributed by atoms with Crippen LogP contribution in [-0.4, -0.2) is 53.6 Å². The van der Waals surface area contributed by atoms with Crippen molar-refractivity contribution in [3.05, 3.63) is 6.92 Å². The van der Waals surface area contributed by atoms with E-state index in [2.05, 4.69) is 13.8 Å². The van der Waals surface area contributed by atoms with Crippen LogP contribution in [-0.2, 0) is 24.4 Å². The molecule has 0 bridgehead atoms. The summed E-state index contributed by atoms with van der Waals surface area (Å²) in [5.74, 6) is -3.50. The van der Waals surface area contributed by atoms with Crippen molar-refractivity contribution in [1.29, 1.82) is 0 Å².